The van der Waals surface area contributed by atoms with Crippen LogP contribution < -0.4 is 16.0 Å². The van der Waals surface area contributed by atoms with Crippen molar-refractivity contribution < 1.29 is 19.2 Å². The maximum absolute atomic E-state index is 12.8. The van der Waals surface area contributed by atoms with Gasteiger partial charge >= 0.3 is 0 Å². The van der Waals surface area contributed by atoms with Gasteiger partial charge < -0.3 is 20.4 Å². The molecule has 0 saturated carbocycles. The van der Waals surface area contributed by atoms with E-state index in [1.165, 1.54) is 4.90 Å². The van der Waals surface area contributed by atoms with Crippen LogP contribution in [0.25, 0.3) is 0 Å². The summed E-state index contributed by atoms with van der Waals surface area (Å²) in [6.07, 6.45) is 1.73. The minimum Gasteiger partial charge on any atom is -0.326 e. The van der Waals surface area contributed by atoms with E-state index in [2.05, 4.69) is 20.9 Å². The van der Waals surface area contributed by atoms with Gasteiger partial charge in [-0.3, -0.25) is 24.5 Å². The maximum Gasteiger partial charge on any atom is 0.255 e. The normalized spacial score (nSPS) is 20.7. The van der Waals surface area contributed by atoms with E-state index in [-0.39, 0.29) is 55.5 Å². The van der Waals surface area contributed by atoms with E-state index in [1.807, 2.05) is 0 Å². The number of carbonyl (C=O) groups is 4. The Morgan fingerprint density at radius 1 is 1.12 bits per heavy atom. The Balaban J connectivity index is 0.00000181. The summed E-state index contributed by atoms with van der Waals surface area (Å²) in [4.78, 5) is 52.8. The lowest BCUT2D eigenvalue weighted by Gasteiger charge is -2.29. The molecule has 1 aromatic carbocycles. The molecule has 1 aromatic rings. The number of piperidine rings is 1. The summed E-state index contributed by atoms with van der Waals surface area (Å²) in [5.41, 5.74) is 1.84. The summed E-state index contributed by atoms with van der Waals surface area (Å²) in [6, 6.07) is 4.57. The second-order valence-electron chi connectivity index (χ2n) is 7.98. The van der Waals surface area contributed by atoms with E-state index < -0.39 is 11.9 Å². The average Bonchev–Trinajstić information content (AvgIpc) is 3.06. The second-order valence-corrected chi connectivity index (χ2v) is 7.98. The van der Waals surface area contributed by atoms with Gasteiger partial charge in [0.05, 0.1) is 0 Å². The molecule has 4 rings (SSSR count). The molecular formula is C21H29Cl2N5O4. The van der Waals surface area contributed by atoms with Gasteiger partial charge in [0, 0.05) is 62.4 Å². The molecule has 0 bridgehead atoms. The molecule has 4 amide bonds. The van der Waals surface area contributed by atoms with Crippen molar-refractivity contribution in [2.24, 2.45) is 0 Å². The number of rotatable bonds is 6. The largest absolute Gasteiger partial charge is 0.326 e. The van der Waals surface area contributed by atoms with Gasteiger partial charge in [0.15, 0.2) is 0 Å². The SMILES string of the molecule is Cl.Cl.O=C1CCC(N2Cc3c(NC(=O)CCCN4CCNCC4)cccc3C2=O)C(=O)N1. The first-order chi connectivity index (χ1) is 14.5. The number of piperazine rings is 1. The van der Waals surface area contributed by atoms with Crippen molar-refractivity contribution in [1.29, 1.82) is 0 Å². The zero-order valence-electron chi connectivity index (χ0n) is 17.7. The molecule has 0 radical (unpaired) electrons. The molecule has 0 spiro atoms. The number of anilines is 1. The molecule has 32 heavy (non-hydrogen) atoms. The minimum absolute atomic E-state index is 0. The molecule has 0 aliphatic carbocycles. The molecule has 176 valence electrons. The van der Waals surface area contributed by atoms with Crippen molar-refractivity contribution in [3.63, 3.8) is 0 Å². The van der Waals surface area contributed by atoms with E-state index in [4.69, 9.17) is 0 Å². The van der Waals surface area contributed by atoms with Crippen molar-refractivity contribution in [2.75, 3.05) is 38.0 Å². The molecule has 1 unspecified atom stereocenters. The highest BCUT2D eigenvalue weighted by atomic mass is 35.5. The maximum atomic E-state index is 12.8. The van der Waals surface area contributed by atoms with Gasteiger partial charge in [-0.05, 0) is 31.5 Å². The first kappa shape index (κ1) is 26.1. The number of fused-ring (bicyclic) bond motifs is 1. The summed E-state index contributed by atoms with van der Waals surface area (Å²) in [6.45, 7) is 5.12. The summed E-state index contributed by atoms with van der Waals surface area (Å²) >= 11 is 0. The van der Waals surface area contributed by atoms with Gasteiger partial charge in [-0.15, -0.1) is 24.8 Å². The molecule has 3 aliphatic rings. The van der Waals surface area contributed by atoms with Crippen molar-refractivity contribution in [1.82, 2.24) is 20.4 Å². The monoisotopic (exact) mass is 485 g/mol. The number of carbonyl (C=O) groups excluding carboxylic acids is 4. The number of nitrogens with zero attached hydrogens (tertiary/aromatic N) is 2. The Labute approximate surface area is 199 Å². The summed E-state index contributed by atoms with van der Waals surface area (Å²) in [7, 11) is 0. The van der Waals surface area contributed by atoms with Gasteiger partial charge in [0.2, 0.25) is 17.7 Å². The third-order valence-corrected chi connectivity index (χ3v) is 5.94. The predicted molar refractivity (Wildman–Crippen MR) is 124 cm³/mol. The van der Waals surface area contributed by atoms with Crippen molar-refractivity contribution in [3.05, 3.63) is 29.3 Å². The predicted octanol–water partition coefficient (Wildman–Crippen LogP) is 0.915. The molecule has 0 aromatic heterocycles. The Morgan fingerprint density at radius 2 is 1.88 bits per heavy atom. The fourth-order valence-electron chi connectivity index (χ4n) is 4.31. The summed E-state index contributed by atoms with van der Waals surface area (Å²) in [5, 5.41) is 8.55. The number of amides is 4. The zero-order valence-corrected chi connectivity index (χ0v) is 19.4. The second kappa shape index (κ2) is 11.6. The van der Waals surface area contributed by atoms with E-state index in [1.54, 1.807) is 18.2 Å². The Bertz CT molecular complexity index is 876. The Morgan fingerprint density at radius 3 is 2.59 bits per heavy atom. The van der Waals surface area contributed by atoms with Crippen LogP contribution in [0.15, 0.2) is 18.2 Å². The highest BCUT2D eigenvalue weighted by Crippen LogP contribution is 2.32. The number of halogens is 2. The van der Waals surface area contributed by atoms with Crippen LogP contribution in [0.3, 0.4) is 0 Å². The average molecular weight is 486 g/mol. The number of imide groups is 1. The molecule has 1 atom stereocenters. The first-order valence-corrected chi connectivity index (χ1v) is 10.5. The van der Waals surface area contributed by atoms with E-state index >= 15 is 0 Å². The van der Waals surface area contributed by atoms with Crippen LogP contribution in [0.1, 0.15) is 41.6 Å². The molecule has 2 saturated heterocycles. The lowest BCUT2D eigenvalue weighted by molar-refractivity contribution is -0.137. The molecule has 11 heteroatoms. The lowest BCUT2D eigenvalue weighted by atomic mass is 10.0. The van der Waals surface area contributed by atoms with Crippen molar-refractivity contribution in [2.45, 2.75) is 38.3 Å². The van der Waals surface area contributed by atoms with E-state index in [0.717, 1.165) is 44.7 Å². The Kier molecular flexibility index (Phi) is 9.45. The van der Waals surface area contributed by atoms with Crippen LogP contribution in [0, 0.1) is 0 Å². The van der Waals surface area contributed by atoms with E-state index in [0.29, 0.717) is 24.1 Å². The number of nitrogens with one attached hydrogen (secondary N) is 3. The summed E-state index contributed by atoms with van der Waals surface area (Å²) < 4.78 is 0. The molecule has 3 N–H and O–H groups in total. The lowest BCUT2D eigenvalue weighted by Crippen LogP contribution is -2.52. The smallest absolute Gasteiger partial charge is 0.255 e. The standard InChI is InChI=1S/C21H27N5O4.2ClH/c27-18(5-2-10-25-11-8-22-9-12-25)23-16-4-1-3-14-15(16)13-26(21(14)30)17-6-7-19(28)24-20(17)29;;/h1,3-4,17,22H,2,5-13H2,(H,23,27)(H,24,28,29);2*1H. The highest BCUT2D eigenvalue weighted by Gasteiger charge is 2.39. The van der Waals surface area contributed by atoms with Crippen LogP contribution in [-0.2, 0) is 20.9 Å². The third kappa shape index (κ3) is 5.78. The molecule has 3 heterocycles. The Hall–Kier alpha value is -2.20. The fraction of sp³-hybridized carbons (Fsp3) is 0.524. The van der Waals surface area contributed by atoms with Crippen molar-refractivity contribution >= 4 is 54.1 Å². The minimum atomic E-state index is -0.662. The van der Waals surface area contributed by atoms with E-state index in [9.17, 15) is 19.2 Å². The van der Waals surface area contributed by atoms with Gasteiger partial charge in [0.1, 0.15) is 6.04 Å². The molecule has 3 aliphatic heterocycles. The highest BCUT2D eigenvalue weighted by molar-refractivity contribution is 6.06. The number of hydrogen-bond acceptors (Lipinski definition) is 6. The van der Waals surface area contributed by atoms with Crippen molar-refractivity contribution in [3.8, 4) is 0 Å². The molecule has 9 nitrogen and oxygen atoms in total. The van der Waals surface area contributed by atoms with Gasteiger partial charge in [-0.25, -0.2) is 0 Å². The van der Waals surface area contributed by atoms with Crippen LogP contribution in [0.5, 0.6) is 0 Å². The van der Waals surface area contributed by atoms with Gasteiger partial charge in [-0.1, -0.05) is 6.07 Å². The van der Waals surface area contributed by atoms with Crippen LogP contribution in [0.2, 0.25) is 0 Å². The molecular weight excluding hydrogens is 457 g/mol. The topological polar surface area (TPSA) is 111 Å². The quantitative estimate of drug-likeness (QED) is 0.516. The fourth-order valence-corrected chi connectivity index (χ4v) is 4.31. The first-order valence-electron chi connectivity index (χ1n) is 10.5. The number of hydrogen-bond donors (Lipinski definition) is 3. The zero-order chi connectivity index (χ0) is 21.1. The van der Waals surface area contributed by atoms with Crippen LogP contribution in [-0.4, -0.2) is 72.2 Å². The van der Waals surface area contributed by atoms with Crippen LogP contribution in [0.4, 0.5) is 5.69 Å². The van der Waals surface area contributed by atoms with Crippen LogP contribution >= 0.6 is 24.8 Å². The number of benzene rings is 1. The molecule has 2 fully saturated rings. The van der Waals surface area contributed by atoms with Gasteiger partial charge in [0.25, 0.3) is 5.91 Å². The summed E-state index contributed by atoms with van der Waals surface area (Å²) in [5.74, 6) is -1.07. The third-order valence-electron chi connectivity index (χ3n) is 5.94. The van der Waals surface area contributed by atoms with Gasteiger partial charge in [-0.2, -0.15) is 0 Å².